The van der Waals surface area contributed by atoms with E-state index in [4.69, 9.17) is 4.74 Å². The molecule has 0 amide bonds. The molecule has 5 rings (SSSR count). The Kier molecular flexibility index (Phi) is 9.40. The van der Waals surface area contributed by atoms with Gasteiger partial charge in [0.05, 0.1) is 6.61 Å². The van der Waals surface area contributed by atoms with Gasteiger partial charge < -0.3 is 4.74 Å². The summed E-state index contributed by atoms with van der Waals surface area (Å²) in [7, 11) is 0. The molecule has 2 aromatic carbocycles. The molecule has 40 heavy (non-hydrogen) atoms. The molecule has 2 fully saturated rings. The zero-order valence-electron chi connectivity index (χ0n) is 24.7. The molecule has 0 aromatic heterocycles. The number of unbranched alkanes of at least 4 members (excludes halogenated alkanes) is 1. The number of ether oxygens (including phenoxy) is 1. The fourth-order valence-electron chi connectivity index (χ4n) is 7.35. The predicted octanol–water partition coefficient (Wildman–Crippen LogP) is 8.90. The van der Waals surface area contributed by atoms with Crippen molar-refractivity contribution in [2.75, 3.05) is 6.61 Å². The lowest BCUT2D eigenvalue weighted by atomic mass is 9.88. The molecule has 4 atom stereocenters. The zero-order chi connectivity index (χ0) is 28.1. The summed E-state index contributed by atoms with van der Waals surface area (Å²) >= 11 is 0. The van der Waals surface area contributed by atoms with Gasteiger partial charge in [0.2, 0.25) is 0 Å². The Bertz CT molecular complexity index is 1280. The summed E-state index contributed by atoms with van der Waals surface area (Å²) in [5, 5.41) is 0. The van der Waals surface area contributed by atoms with E-state index < -0.39 is 0 Å². The van der Waals surface area contributed by atoms with Gasteiger partial charge in [0.15, 0.2) is 0 Å². The largest absolute Gasteiger partial charge is 0.493 e. The molecular formula is C37H46O3. The Labute approximate surface area is 241 Å². The Hall–Kier alpha value is -2.94. The van der Waals surface area contributed by atoms with Crippen LogP contribution >= 0.6 is 0 Å². The zero-order valence-corrected chi connectivity index (χ0v) is 24.7. The second-order valence-corrected chi connectivity index (χ2v) is 12.5. The molecule has 0 saturated heterocycles. The highest BCUT2D eigenvalue weighted by Crippen LogP contribution is 2.48. The summed E-state index contributed by atoms with van der Waals surface area (Å²) in [5.74, 6) is 4.04. The third-order valence-corrected chi connectivity index (χ3v) is 9.54. The number of allylic oxidation sites excluding steroid dienone is 4. The van der Waals surface area contributed by atoms with Crippen LogP contribution in [0.15, 0.2) is 54.6 Å². The molecule has 2 aromatic rings. The quantitative estimate of drug-likeness (QED) is 0.239. The van der Waals surface area contributed by atoms with Crippen LogP contribution in [0.3, 0.4) is 0 Å². The first-order chi connectivity index (χ1) is 19.4. The first-order valence-electron chi connectivity index (χ1n) is 15.7. The van der Waals surface area contributed by atoms with Gasteiger partial charge in [-0.15, -0.1) is 0 Å². The molecule has 0 N–H and O–H groups in total. The highest BCUT2D eigenvalue weighted by molar-refractivity contribution is 5.82. The van der Waals surface area contributed by atoms with E-state index >= 15 is 0 Å². The smallest absolute Gasteiger partial charge is 0.133 e. The van der Waals surface area contributed by atoms with Crippen molar-refractivity contribution >= 4 is 17.1 Å². The molecule has 3 heteroatoms. The molecule has 0 spiro atoms. The number of ketones is 2. The Morgan fingerprint density at radius 2 is 1.75 bits per heavy atom. The highest BCUT2D eigenvalue weighted by atomic mass is 16.5. The fraction of sp³-hybridized carbons (Fsp3) is 0.514. The van der Waals surface area contributed by atoms with E-state index in [1.165, 1.54) is 47.1 Å². The van der Waals surface area contributed by atoms with E-state index in [0.717, 1.165) is 49.8 Å². The number of carbonyl (C=O) groups excluding carboxylic acids is 2. The van der Waals surface area contributed by atoms with E-state index in [-0.39, 0.29) is 5.92 Å². The monoisotopic (exact) mass is 538 g/mol. The number of Topliss-reactive ketones (excluding diaryl/α,β-unsaturated/α-hetero) is 2. The van der Waals surface area contributed by atoms with Gasteiger partial charge in [0, 0.05) is 37.2 Å². The third kappa shape index (κ3) is 6.85. The fourth-order valence-corrected chi connectivity index (χ4v) is 7.35. The summed E-state index contributed by atoms with van der Waals surface area (Å²) in [6.45, 7) is 7.03. The average molecular weight is 539 g/mol. The van der Waals surface area contributed by atoms with Crippen molar-refractivity contribution in [1.82, 2.24) is 0 Å². The van der Waals surface area contributed by atoms with Crippen molar-refractivity contribution in [3.05, 3.63) is 82.4 Å². The molecule has 0 heterocycles. The topological polar surface area (TPSA) is 43.4 Å². The van der Waals surface area contributed by atoms with Crippen molar-refractivity contribution in [3.8, 4) is 5.75 Å². The van der Waals surface area contributed by atoms with Crippen LogP contribution in [0.5, 0.6) is 5.75 Å². The molecule has 2 saturated carbocycles. The van der Waals surface area contributed by atoms with Crippen LogP contribution < -0.4 is 4.74 Å². The van der Waals surface area contributed by atoms with Crippen molar-refractivity contribution in [3.63, 3.8) is 0 Å². The van der Waals surface area contributed by atoms with Crippen molar-refractivity contribution in [1.29, 1.82) is 0 Å². The number of benzene rings is 2. The number of aryl methyl sites for hydroxylation is 3. The van der Waals surface area contributed by atoms with E-state index in [9.17, 15) is 9.59 Å². The lowest BCUT2D eigenvalue weighted by Gasteiger charge is -2.17. The summed E-state index contributed by atoms with van der Waals surface area (Å²) < 4.78 is 6.27. The Balaban J connectivity index is 1.08. The minimum Gasteiger partial charge on any atom is -0.493 e. The number of fused-ring (bicyclic) bond motifs is 1. The van der Waals surface area contributed by atoms with Crippen LogP contribution in [0.25, 0.3) is 5.57 Å². The lowest BCUT2D eigenvalue weighted by molar-refractivity contribution is -0.119. The summed E-state index contributed by atoms with van der Waals surface area (Å²) in [6.07, 6.45) is 17.4. The summed E-state index contributed by atoms with van der Waals surface area (Å²) in [5.41, 5.74) is 7.60. The molecule has 0 bridgehead atoms. The first-order valence-corrected chi connectivity index (χ1v) is 15.7. The molecule has 1 unspecified atom stereocenters. The van der Waals surface area contributed by atoms with Gasteiger partial charge in [0.1, 0.15) is 17.3 Å². The van der Waals surface area contributed by atoms with E-state index in [0.29, 0.717) is 48.8 Å². The molecule has 0 aliphatic heterocycles. The van der Waals surface area contributed by atoms with Gasteiger partial charge in [-0.3, -0.25) is 9.59 Å². The van der Waals surface area contributed by atoms with E-state index in [1.807, 2.05) is 0 Å². The maximum absolute atomic E-state index is 12.5. The highest BCUT2D eigenvalue weighted by Gasteiger charge is 2.42. The lowest BCUT2D eigenvalue weighted by Crippen LogP contribution is -2.10. The van der Waals surface area contributed by atoms with Crippen LogP contribution in [0.4, 0.5) is 0 Å². The van der Waals surface area contributed by atoms with Crippen molar-refractivity contribution in [2.24, 2.45) is 17.8 Å². The maximum atomic E-state index is 12.5. The first kappa shape index (κ1) is 28.6. The second kappa shape index (κ2) is 13.1. The minimum absolute atomic E-state index is 0.285. The van der Waals surface area contributed by atoms with Crippen LogP contribution in [-0.4, -0.2) is 18.2 Å². The van der Waals surface area contributed by atoms with Gasteiger partial charge in [-0.2, -0.15) is 0 Å². The molecule has 3 aliphatic carbocycles. The van der Waals surface area contributed by atoms with Gasteiger partial charge in [-0.1, -0.05) is 73.9 Å². The van der Waals surface area contributed by atoms with Gasteiger partial charge in [-0.25, -0.2) is 0 Å². The average Bonchev–Trinajstić information content (AvgIpc) is 3.66. The van der Waals surface area contributed by atoms with Crippen molar-refractivity contribution in [2.45, 2.75) is 97.3 Å². The third-order valence-electron chi connectivity index (χ3n) is 9.54. The van der Waals surface area contributed by atoms with E-state index in [2.05, 4.69) is 75.4 Å². The SMILES string of the molecule is CCc1ccc(C)cc1C1C=CC(c2ccc(C)cc2OCCCC(=O)CCCC[C@@H]2CC[C@@H]3CC(=O)C[C@H]23)=C1. The number of carbonyl (C=O) groups is 2. The molecule has 212 valence electrons. The second-order valence-electron chi connectivity index (χ2n) is 12.5. The van der Waals surface area contributed by atoms with Crippen molar-refractivity contribution < 1.29 is 14.3 Å². The molecule has 0 radical (unpaired) electrons. The summed E-state index contributed by atoms with van der Waals surface area (Å²) in [6, 6.07) is 13.2. The Morgan fingerprint density at radius 1 is 0.950 bits per heavy atom. The van der Waals surface area contributed by atoms with Gasteiger partial charge in [-0.05, 0) is 92.0 Å². The number of hydrogen-bond acceptors (Lipinski definition) is 3. The molecule has 3 aliphatic rings. The normalized spacial score (nSPS) is 23.5. The molecule has 3 nitrogen and oxygen atoms in total. The maximum Gasteiger partial charge on any atom is 0.133 e. The molecular weight excluding hydrogens is 492 g/mol. The van der Waals surface area contributed by atoms with Crippen LogP contribution in [-0.2, 0) is 16.0 Å². The van der Waals surface area contributed by atoms with Gasteiger partial charge in [0.25, 0.3) is 0 Å². The van der Waals surface area contributed by atoms with Crippen LogP contribution in [0.2, 0.25) is 0 Å². The van der Waals surface area contributed by atoms with Gasteiger partial charge >= 0.3 is 0 Å². The van der Waals surface area contributed by atoms with E-state index in [1.54, 1.807) is 0 Å². The standard InChI is InChI=1S/C37H46O3/c1-4-27-13-11-25(2)20-35(27)30-17-16-29(22-30)34-18-12-26(3)21-37(34)40-19-7-10-32(38)9-6-5-8-28-14-15-31-23-33(39)24-36(28)31/h11-13,16-18,20-22,28,30-31,36H,4-10,14-15,19,23-24H2,1-3H3/t28-,30?,31-,36-/m1/s1. The van der Waals surface area contributed by atoms with Crippen LogP contribution in [0, 0.1) is 31.6 Å². The van der Waals surface area contributed by atoms with Crippen LogP contribution in [0.1, 0.15) is 105 Å². The number of rotatable bonds is 13. The Morgan fingerprint density at radius 3 is 2.60 bits per heavy atom. The predicted molar refractivity (Wildman–Crippen MR) is 164 cm³/mol. The minimum atomic E-state index is 0.285. The summed E-state index contributed by atoms with van der Waals surface area (Å²) in [4.78, 5) is 24.3. The number of hydrogen-bond donors (Lipinski definition) is 0.